The Labute approximate surface area is 78.8 Å². The zero-order chi connectivity index (χ0) is 9.68. The molecule has 1 aromatic rings. The van der Waals surface area contributed by atoms with Crippen LogP contribution in [0.3, 0.4) is 0 Å². The SMILES string of the molecule is O=C(CCNP)c1ccc(F)cc1. The van der Waals surface area contributed by atoms with Gasteiger partial charge < -0.3 is 5.09 Å². The molecule has 0 heterocycles. The predicted octanol–water partition coefficient (Wildman–Crippen LogP) is 1.78. The Morgan fingerprint density at radius 2 is 2.00 bits per heavy atom. The van der Waals surface area contributed by atoms with E-state index >= 15 is 0 Å². The molecule has 1 aromatic carbocycles. The lowest BCUT2D eigenvalue weighted by Gasteiger charge is -1.99. The molecule has 0 aliphatic carbocycles. The summed E-state index contributed by atoms with van der Waals surface area (Å²) in [5.74, 6) is -0.296. The second-order valence-corrected chi connectivity index (χ2v) is 3.04. The molecule has 0 bridgehead atoms. The number of carbonyl (C=O) groups excluding carboxylic acids is 1. The second kappa shape index (κ2) is 5.05. The lowest BCUT2D eigenvalue weighted by Crippen LogP contribution is -2.08. The van der Waals surface area contributed by atoms with E-state index in [0.29, 0.717) is 18.5 Å². The summed E-state index contributed by atoms with van der Waals surface area (Å²) < 4.78 is 12.5. The molecule has 0 saturated heterocycles. The van der Waals surface area contributed by atoms with Crippen LogP contribution in [0.1, 0.15) is 16.8 Å². The van der Waals surface area contributed by atoms with Gasteiger partial charge in [0.25, 0.3) is 0 Å². The number of rotatable bonds is 4. The molecule has 1 rings (SSSR count). The number of carbonyl (C=O) groups is 1. The monoisotopic (exact) mass is 199 g/mol. The predicted molar refractivity (Wildman–Crippen MR) is 53.1 cm³/mol. The van der Waals surface area contributed by atoms with E-state index in [2.05, 4.69) is 14.5 Å². The van der Waals surface area contributed by atoms with Crippen LogP contribution in [-0.4, -0.2) is 12.3 Å². The van der Waals surface area contributed by atoms with Gasteiger partial charge in [-0.05, 0) is 24.3 Å². The molecule has 0 saturated carbocycles. The first-order valence-corrected chi connectivity index (χ1v) is 4.54. The highest BCUT2D eigenvalue weighted by atomic mass is 31.0. The Balaban J connectivity index is 2.61. The van der Waals surface area contributed by atoms with Gasteiger partial charge in [0, 0.05) is 18.5 Å². The lowest BCUT2D eigenvalue weighted by atomic mass is 10.1. The Kier molecular flexibility index (Phi) is 4.00. The van der Waals surface area contributed by atoms with E-state index in [1.165, 1.54) is 24.3 Å². The van der Waals surface area contributed by atoms with Crippen molar-refractivity contribution in [1.29, 1.82) is 0 Å². The third-order valence-corrected chi connectivity index (χ3v) is 1.95. The maximum atomic E-state index is 12.5. The van der Waals surface area contributed by atoms with E-state index in [0.717, 1.165) is 0 Å². The van der Waals surface area contributed by atoms with Gasteiger partial charge in [-0.2, -0.15) is 0 Å². The molecule has 1 unspecified atom stereocenters. The molecule has 0 aliphatic heterocycles. The van der Waals surface area contributed by atoms with Crippen LogP contribution in [0.2, 0.25) is 0 Å². The van der Waals surface area contributed by atoms with Crippen molar-refractivity contribution in [2.75, 3.05) is 6.54 Å². The zero-order valence-corrected chi connectivity index (χ0v) is 8.24. The summed E-state index contributed by atoms with van der Waals surface area (Å²) in [6.07, 6.45) is 0.426. The van der Waals surface area contributed by atoms with Gasteiger partial charge in [0.2, 0.25) is 0 Å². The molecule has 4 heteroatoms. The maximum Gasteiger partial charge on any atom is 0.164 e. The van der Waals surface area contributed by atoms with Crippen LogP contribution >= 0.6 is 9.39 Å². The minimum absolute atomic E-state index is 0.0231. The van der Waals surface area contributed by atoms with Gasteiger partial charge in [-0.15, -0.1) is 0 Å². The number of Topliss-reactive ketones (excluding diaryl/α,β-unsaturated/α-hetero) is 1. The topological polar surface area (TPSA) is 29.1 Å². The fraction of sp³-hybridized carbons (Fsp3) is 0.222. The van der Waals surface area contributed by atoms with Crippen LogP contribution in [0.15, 0.2) is 24.3 Å². The third-order valence-electron chi connectivity index (χ3n) is 1.66. The Morgan fingerprint density at radius 3 is 2.54 bits per heavy atom. The van der Waals surface area contributed by atoms with Crippen molar-refractivity contribution in [3.63, 3.8) is 0 Å². The molecule has 1 atom stereocenters. The molecule has 13 heavy (non-hydrogen) atoms. The van der Waals surface area contributed by atoms with Gasteiger partial charge in [0.05, 0.1) is 0 Å². The van der Waals surface area contributed by atoms with E-state index in [1.807, 2.05) is 0 Å². The fourth-order valence-corrected chi connectivity index (χ4v) is 1.11. The number of benzene rings is 1. The molecule has 0 radical (unpaired) electrons. The summed E-state index contributed by atoms with van der Waals surface area (Å²) in [4.78, 5) is 11.3. The first-order chi connectivity index (χ1) is 6.24. The highest BCUT2D eigenvalue weighted by molar-refractivity contribution is 7.13. The summed E-state index contributed by atoms with van der Waals surface area (Å²) in [7, 11) is 2.33. The largest absolute Gasteiger partial charge is 0.300 e. The molecule has 70 valence electrons. The molecule has 1 N–H and O–H groups in total. The summed E-state index contributed by atoms with van der Waals surface area (Å²) in [5, 5.41) is 2.80. The fourth-order valence-electron chi connectivity index (χ4n) is 0.966. The molecule has 0 aliphatic rings. The zero-order valence-electron chi connectivity index (χ0n) is 7.09. The van der Waals surface area contributed by atoms with Crippen LogP contribution < -0.4 is 5.09 Å². The van der Waals surface area contributed by atoms with Crippen molar-refractivity contribution in [1.82, 2.24) is 5.09 Å². The number of hydrogen-bond donors (Lipinski definition) is 1. The summed E-state index contributed by atoms with van der Waals surface area (Å²) in [5.41, 5.74) is 0.557. The molecule has 0 aromatic heterocycles. The van der Waals surface area contributed by atoms with E-state index in [4.69, 9.17) is 0 Å². The average molecular weight is 199 g/mol. The van der Waals surface area contributed by atoms with Gasteiger partial charge in [-0.25, -0.2) is 4.39 Å². The Bertz CT molecular complexity index is 286. The highest BCUT2D eigenvalue weighted by Gasteiger charge is 2.03. The van der Waals surface area contributed by atoms with Crippen molar-refractivity contribution in [2.45, 2.75) is 6.42 Å². The molecule has 0 amide bonds. The van der Waals surface area contributed by atoms with Gasteiger partial charge in [-0.3, -0.25) is 4.79 Å². The minimum Gasteiger partial charge on any atom is -0.300 e. The van der Waals surface area contributed by atoms with Gasteiger partial charge >= 0.3 is 0 Å². The van der Waals surface area contributed by atoms with Crippen molar-refractivity contribution in [3.8, 4) is 0 Å². The summed E-state index contributed by atoms with van der Waals surface area (Å²) in [6, 6.07) is 5.59. The highest BCUT2D eigenvalue weighted by Crippen LogP contribution is 2.05. The van der Waals surface area contributed by atoms with Gasteiger partial charge in [0.1, 0.15) is 5.82 Å². The number of halogens is 1. The lowest BCUT2D eigenvalue weighted by molar-refractivity contribution is 0.0984. The molecule has 0 spiro atoms. The van der Waals surface area contributed by atoms with Crippen molar-refractivity contribution in [2.24, 2.45) is 0 Å². The Hall–Kier alpha value is -0.790. The van der Waals surface area contributed by atoms with Crippen molar-refractivity contribution >= 4 is 15.2 Å². The number of nitrogens with one attached hydrogen (secondary N) is 1. The first kappa shape index (κ1) is 10.3. The molecule has 2 nitrogen and oxygen atoms in total. The van der Waals surface area contributed by atoms with Crippen molar-refractivity contribution < 1.29 is 9.18 Å². The maximum absolute atomic E-state index is 12.5. The number of hydrogen-bond acceptors (Lipinski definition) is 2. The molecular weight excluding hydrogens is 188 g/mol. The summed E-state index contributed by atoms with van der Waals surface area (Å²) in [6.45, 7) is 0.612. The first-order valence-electron chi connectivity index (χ1n) is 3.96. The van der Waals surface area contributed by atoms with E-state index < -0.39 is 0 Å². The third kappa shape index (κ3) is 3.21. The average Bonchev–Trinajstić information content (AvgIpc) is 2.15. The van der Waals surface area contributed by atoms with Crippen LogP contribution in [0.5, 0.6) is 0 Å². The van der Waals surface area contributed by atoms with Crippen LogP contribution in [0, 0.1) is 5.82 Å². The standard InChI is InChI=1S/C9H11FNOP/c10-8-3-1-7(2-4-8)9(12)5-6-11-13/h1-4,11H,5-6,13H2. The van der Waals surface area contributed by atoms with Crippen molar-refractivity contribution in [3.05, 3.63) is 35.6 Å². The molecule has 0 fully saturated rings. The van der Waals surface area contributed by atoms with Crippen LogP contribution in [0.4, 0.5) is 4.39 Å². The van der Waals surface area contributed by atoms with Crippen LogP contribution in [0.25, 0.3) is 0 Å². The van der Waals surface area contributed by atoms with Crippen LogP contribution in [-0.2, 0) is 0 Å². The quantitative estimate of drug-likeness (QED) is 0.591. The normalized spacial score (nSPS) is 10.0. The minimum atomic E-state index is -0.319. The van der Waals surface area contributed by atoms with E-state index in [-0.39, 0.29) is 11.6 Å². The second-order valence-electron chi connectivity index (χ2n) is 2.63. The Morgan fingerprint density at radius 1 is 1.38 bits per heavy atom. The molecular formula is C9H11FNOP. The van der Waals surface area contributed by atoms with E-state index in [1.54, 1.807) is 0 Å². The number of ketones is 1. The smallest absolute Gasteiger partial charge is 0.164 e. The summed E-state index contributed by atoms with van der Waals surface area (Å²) >= 11 is 0. The van der Waals surface area contributed by atoms with E-state index in [9.17, 15) is 9.18 Å². The van der Waals surface area contributed by atoms with Gasteiger partial charge in [-0.1, -0.05) is 9.39 Å². The van der Waals surface area contributed by atoms with Gasteiger partial charge in [0.15, 0.2) is 5.78 Å².